The summed E-state index contributed by atoms with van der Waals surface area (Å²) in [6, 6.07) is 10.2. The molecule has 8 nitrogen and oxygen atoms in total. The van der Waals surface area contributed by atoms with Crippen LogP contribution >= 0.6 is 0 Å². The first kappa shape index (κ1) is 32.3. The topological polar surface area (TPSA) is 123 Å². The van der Waals surface area contributed by atoms with Crippen molar-refractivity contribution in [3.05, 3.63) is 59.4 Å². The van der Waals surface area contributed by atoms with Gasteiger partial charge in [-0.05, 0) is 56.2 Å². The van der Waals surface area contributed by atoms with E-state index in [2.05, 4.69) is 15.6 Å². The minimum Gasteiger partial charge on any atom is -0.488 e. The van der Waals surface area contributed by atoms with Gasteiger partial charge in [-0.25, -0.2) is 18.2 Å². The molecule has 0 aromatic heterocycles. The fourth-order valence-electron chi connectivity index (χ4n) is 5.95. The molecule has 2 fully saturated rings. The van der Waals surface area contributed by atoms with E-state index >= 15 is 0 Å². The molecule has 45 heavy (non-hydrogen) atoms. The van der Waals surface area contributed by atoms with E-state index < -0.39 is 85.2 Å². The standard InChI is InChI=1S/C31H32F6N4O4/c32-18-4-1-3-17(15-18)24-21-5-2-6-22(45-19-7-8-19)25(21)40-29(44)27(39-24)41-28(43)20(11-14-31(35,36)37)23(26(38)42)16-9-12-30(33,34)13-10-16/h1-6,15-16,19-20,23,27H,7-14H2,(H2,38,42)(H,40,44)(H,41,43)/t20?,23?,27-/m1/s1. The van der Waals surface area contributed by atoms with Gasteiger partial charge >= 0.3 is 6.18 Å². The number of halogens is 6. The zero-order chi connectivity index (χ0) is 32.5. The summed E-state index contributed by atoms with van der Waals surface area (Å²) in [4.78, 5) is 44.3. The number of primary amides is 1. The van der Waals surface area contributed by atoms with Crippen molar-refractivity contribution in [2.45, 2.75) is 75.7 Å². The summed E-state index contributed by atoms with van der Waals surface area (Å²) in [5.74, 6) is -10.5. The average Bonchev–Trinajstić information content (AvgIpc) is 3.79. The fourth-order valence-corrected chi connectivity index (χ4v) is 5.95. The number of nitrogens with zero attached hydrogens (tertiary/aromatic N) is 1. The molecule has 4 N–H and O–H groups in total. The second-order valence-electron chi connectivity index (χ2n) is 11.8. The molecule has 1 aliphatic heterocycles. The summed E-state index contributed by atoms with van der Waals surface area (Å²) in [5, 5.41) is 5.03. The van der Waals surface area contributed by atoms with Crippen molar-refractivity contribution in [2.75, 3.05) is 5.32 Å². The van der Waals surface area contributed by atoms with Crippen molar-refractivity contribution < 1.29 is 45.5 Å². The lowest BCUT2D eigenvalue weighted by Crippen LogP contribution is -2.50. The first-order valence-corrected chi connectivity index (χ1v) is 14.7. The van der Waals surface area contributed by atoms with E-state index in [1.165, 1.54) is 24.3 Å². The lowest BCUT2D eigenvalue weighted by Gasteiger charge is -2.36. The summed E-state index contributed by atoms with van der Waals surface area (Å²) in [6.45, 7) is 0. The third kappa shape index (κ3) is 7.95. The number of benzene rings is 2. The molecule has 1 heterocycles. The molecular formula is C31H32F6N4O4. The van der Waals surface area contributed by atoms with Gasteiger partial charge in [0.2, 0.25) is 23.9 Å². The average molecular weight is 639 g/mol. The van der Waals surface area contributed by atoms with Crippen LogP contribution in [0.3, 0.4) is 0 Å². The van der Waals surface area contributed by atoms with Crippen LogP contribution in [0.25, 0.3) is 0 Å². The zero-order valence-corrected chi connectivity index (χ0v) is 24.0. The number of alkyl halides is 5. The molecule has 5 rings (SSSR count). The van der Waals surface area contributed by atoms with E-state index in [0.717, 1.165) is 12.8 Å². The molecule has 3 amide bonds. The molecule has 242 valence electrons. The van der Waals surface area contributed by atoms with E-state index in [9.17, 15) is 40.7 Å². The molecule has 3 atom stereocenters. The van der Waals surface area contributed by atoms with Gasteiger partial charge in [0.25, 0.3) is 5.91 Å². The van der Waals surface area contributed by atoms with Crippen LogP contribution in [0.15, 0.2) is 47.5 Å². The number of ether oxygens (including phenoxy) is 1. The summed E-state index contributed by atoms with van der Waals surface area (Å²) in [5.41, 5.74) is 6.46. The number of aliphatic imine (C=N–C) groups is 1. The molecule has 2 unspecified atom stereocenters. The van der Waals surface area contributed by atoms with Crippen LogP contribution in [0.2, 0.25) is 0 Å². The predicted molar refractivity (Wildman–Crippen MR) is 151 cm³/mol. The Bertz CT molecular complexity index is 1480. The second kappa shape index (κ2) is 12.7. The Hall–Kier alpha value is -4.10. The normalized spacial score (nSPS) is 21.4. The van der Waals surface area contributed by atoms with Gasteiger partial charge in [0.05, 0.1) is 29.3 Å². The highest BCUT2D eigenvalue weighted by Crippen LogP contribution is 2.43. The fraction of sp³-hybridized carbons (Fsp3) is 0.484. The van der Waals surface area contributed by atoms with E-state index in [0.29, 0.717) is 11.3 Å². The number of hydrogen-bond donors (Lipinski definition) is 3. The number of carbonyl (C=O) groups is 3. The minimum atomic E-state index is -4.71. The highest BCUT2D eigenvalue weighted by atomic mass is 19.4. The smallest absolute Gasteiger partial charge is 0.389 e. The maximum Gasteiger partial charge on any atom is 0.389 e. The molecule has 2 aromatic rings. The van der Waals surface area contributed by atoms with Gasteiger partial charge < -0.3 is 21.1 Å². The third-order valence-corrected chi connectivity index (χ3v) is 8.34. The van der Waals surface area contributed by atoms with Gasteiger partial charge in [-0.15, -0.1) is 0 Å². The Balaban J connectivity index is 1.50. The minimum absolute atomic E-state index is 0.0680. The Kier molecular flexibility index (Phi) is 9.13. The summed E-state index contributed by atoms with van der Waals surface area (Å²) in [6.07, 6.45) is -8.87. The number of carbonyl (C=O) groups excluding carboxylic acids is 3. The number of fused-ring (bicyclic) bond motifs is 1. The van der Waals surface area contributed by atoms with Crippen LogP contribution < -0.4 is 21.1 Å². The molecule has 3 aliphatic rings. The van der Waals surface area contributed by atoms with Crippen molar-refractivity contribution in [1.82, 2.24) is 5.32 Å². The summed E-state index contributed by atoms with van der Waals surface area (Å²) >= 11 is 0. The summed E-state index contributed by atoms with van der Waals surface area (Å²) < 4.78 is 88.0. The van der Waals surface area contributed by atoms with Crippen molar-refractivity contribution in [3.63, 3.8) is 0 Å². The van der Waals surface area contributed by atoms with Crippen molar-refractivity contribution in [2.24, 2.45) is 28.5 Å². The number of para-hydroxylation sites is 1. The molecule has 0 spiro atoms. The Morgan fingerprint density at radius 3 is 2.40 bits per heavy atom. The van der Waals surface area contributed by atoms with Crippen molar-refractivity contribution in [1.29, 1.82) is 0 Å². The Morgan fingerprint density at radius 1 is 1.09 bits per heavy atom. The summed E-state index contributed by atoms with van der Waals surface area (Å²) in [7, 11) is 0. The van der Waals surface area contributed by atoms with Crippen LogP contribution in [0, 0.1) is 23.6 Å². The first-order chi connectivity index (χ1) is 21.2. The van der Waals surface area contributed by atoms with E-state index in [1.54, 1.807) is 18.2 Å². The van der Waals surface area contributed by atoms with E-state index in [4.69, 9.17) is 10.5 Å². The van der Waals surface area contributed by atoms with Gasteiger partial charge in [0.15, 0.2) is 0 Å². The monoisotopic (exact) mass is 638 g/mol. The van der Waals surface area contributed by atoms with Gasteiger partial charge in [0, 0.05) is 30.4 Å². The largest absolute Gasteiger partial charge is 0.488 e. The predicted octanol–water partition coefficient (Wildman–Crippen LogP) is 5.48. The molecule has 0 bridgehead atoms. The number of nitrogens with two attached hydrogens (primary N) is 1. The van der Waals surface area contributed by atoms with Crippen LogP contribution in [0.1, 0.15) is 62.5 Å². The lowest BCUT2D eigenvalue weighted by molar-refractivity contribution is -0.149. The number of hydrogen-bond acceptors (Lipinski definition) is 5. The molecule has 2 saturated carbocycles. The van der Waals surface area contributed by atoms with Crippen molar-refractivity contribution in [3.8, 4) is 5.75 Å². The molecule has 2 aromatic carbocycles. The lowest BCUT2D eigenvalue weighted by atomic mass is 9.71. The van der Waals surface area contributed by atoms with E-state index in [1.807, 2.05) is 0 Å². The maximum absolute atomic E-state index is 14.3. The first-order valence-electron chi connectivity index (χ1n) is 14.7. The molecule has 0 saturated heterocycles. The molecule has 0 radical (unpaired) electrons. The number of nitrogens with one attached hydrogen (secondary N) is 2. The maximum atomic E-state index is 14.3. The highest BCUT2D eigenvalue weighted by molar-refractivity contribution is 6.20. The number of amides is 3. The number of anilines is 1. The number of rotatable bonds is 10. The zero-order valence-electron chi connectivity index (χ0n) is 24.0. The van der Waals surface area contributed by atoms with Crippen LogP contribution in [-0.2, 0) is 14.4 Å². The highest BCUT2D eigenvalue weighted by Gasteiger charge is 2.45. The van der Waals surface area contributed by atoms with E-state index in [-0.39, 0.29) is 35.9 Å². The van der Waals surface area contributed by atoms with Crippen LogP contribution in [0.5, 0.6) is 5.75 Å². The Labute approximate surface area is 254 Å². The second-order valence-corrected chi connectivity index (χ2v) is 11.8. The molecule has 14 heteroatoms. The Morgan fingerprint density at radius 2 is 1.78 bits per heavy atom. The SMILES string of the molecule is NC(=O)C(C1CCC(F)(F)CC1)C(CCC(F)(F)F)C(=O)N[C@H]1N=C(c2cccc(F)c2)c2cccc(OC3CC3)c2NC1=O. The number of benzodiazepines with no additional fused rings is 1. The molecular weight excluding hydrogens is 606 g/mol. The van der Waals surface area contributed by atoms with Gasteiger partial charge in [-0.1, -0.05) is 24.3 Å². The van der Waals surface area contributed by atoms with Crippen LogP contribution in [0.4, 0.5) is 32.0 Å². The van der Waals surface area contributed by atoms with Crippen molar-refractivity contribution >= 4 is 29.1 Å². The van der Waals surface area contributed by atoms with Gasteiger partial charge in [-0.2, -0.15) is 13.2 Å². The van der Waals surface area contributed by atoms with Crippen LogP contribution in [-0.4, -0.2) is 47.8 Å². The third-order valence-electron chi connectivity index (χ3n) is 8.34. The molecule has 2 aliphatic carbocycles. The van der Waals surface area contributed by atoms with Gasteiger partial charge in [0.1, 0.15) is 11.6 Å². The quantitative estimate of drug-likeness (QED) is 0.298. The van der Waals surface area contributed by atoms with Gasteiger partial charge in [-0.3, -0.25) is 14.4 Å².